The average molecular weight is 643 g/mol. The number of aliphatic carboxylic acids is 1. The zero-order valence-corrected chi connectivity index (χ0v) is 27.8. The van der Waals surface area contributed by atoms with Gasteiger partial charge in [0.05, 0.1) is 36.6 Å². The zero-order chi connectivity index (χ0) is 33.5. The van der Waals surface area contributed by atoms with Gasteiger partial charge in [-0.3, -0.25) is 19.2 Å². The van der Waals surface area contributed by atoms with E-state index in [1.165, 1.54) is 16.7 Å². The van der Waals surface area contributed by atoms with Crippen molar-refractivity contribution in [2.45, 2.75) is 83.0 Å². The first-order chi connectivity index (χ1) is 21.1. The Kier molecular flexibility index (Phi) is 12.6. The van der Waals surface area contributed by atoms with Gasteiger partial charge < -0.3 is 30.7 Å². The van der Waals surface area contributed by atoms with Crippen LogP contribution in [0.3, 0.4) is 0 Å². The second-order valence-corrected chi connectivity index (χ2v) is 13.4. The number of carboxylic acid groups (broad SMARTS) is 1. The molecule has 0 spiro atoms. The molecule has 246 valence electrons. The lowest BCUT2D eigenvalue weighted by atomic mass is 9.84. The monoisotopic (exact) mass is 642 g/mol. The molecular weight excluding hydrogens is 596 g/mol. The topological polar surface area (TPSA) is 142 Å². The summed E-state index contributed by atoms with van der Waals surface area (Å²) in [6, 6.07) is 12.7. The number of amides is 3. The predicted octanol–water partition coefficient (Wildman–Crippen LogP) is 3.64. The summed E-state index contributed by atoms with van der Waals surface area (Å²) >= 11 is 6.12. The molecule has 11 heteroatoms. The number of likely N-dealkylation sites (N-methyl/N-ethyl adjacent to an activating group) is 2. The number of aryl methyl sites for hydroxylation is 1. The Hall–Kier alpha value is -3.47. The Morgan fingerprint density at radius 2 is 1.71 bits per heavy atom. The van der Waals surface area contributed by atoms with Crippen molar-refractivity contribution in [3.8, 4) is 0 Å². The smallest absolute Gasteiger partial charge is 0.304 e. The third kappa shape index (κ3) is 10.3. The summed E-state index contributed by atoms with van der Waals surface area (Å²) in [5.74, 6) is -3.20. The number of halogens is 1. The maximum absolute atomic E-state index is 14.0. The standard InChI is InChI=1S/C34H47ClN4O6/c1-21(36)31(42)37-29(20-45-34(2,3)4)33(44)39(6)25(17-22-11-14-24(35)15-12-22)19-38(5)32(43)28(18-30(40)41)27-16-13-23-9-7-8-10-26(23)27/h7-12,14-15,21,25,27-29H,13,16-20,36H2,1-6H3,(H,37,42)(H,40,41)/t21-,25+,27-,28-,29-/m0/s1. The first-order valence-electron chi connectivity index (χ1n) is 15.3. The fraction of sp³-hybridized carbons (Fsp3) is 0.529. The lowest BCUT2D eigenvalue weighted by Gasteiger charge is -2.36. The van der Waals surface area contributed by atoms with Crippen LogP contribution in [0.2, 0.25) is 5.02 Å². The molecule has 0 aromatic heterocycles. The van der Waals surface area contributed by atoms with Crippen LogP contribution >= 0.6 is 11.6 Å². The highest BCUT2D eigenvalue weighted by Crippen LogP contribution is 2.40. The fourth-order valence-electron chi connectivity index (χ4n) is 5.74. The van der Waals surface area contributed by atoms with E-state index < -0.39 is 47.4 Å². The Bertz CT molecular complexity index is 1340. The van der Waals surface area contributed by atoms with E-state index in [-0.39, 0.29) is 31.4 Å². The largest absolute Gasteiger partial charge is 0.481 e. The normalized spacial score (nSPS) is 17.0. The van der Waals surface area contributed by atoms with Gasteiger partial charge in [0.25, 0.3) is 0 Å². The van der Waals surface area contributed by atoms with Crippen molar-refractivity contribution in [2.24, 2.45) is 11.7 Å². The van der Waals surface area contributed by atoms with Crippen LogP contribution in [-0.4, -0.2) is 89.6 Å². The highest BCUT2D eigenvalue weighted by Gasteiger charge is 2.38. The molecule has 4 N–H and O–H groups in total. The molecule has 45 heavy (non-hydrogen) atoms. The number of hydrogen-bond acceptors (Lipinski definition) is 6. The van der Waals surface area contributed by atoms with Crippen molar-refractivity contribution in [3.05, 3.63) is 70.2 Å². The SMILES string of the molecule is C[C@H](N)C(=O)N[C@@H](COC(C)(C)C)C(=O)N(C)[C@H](Cc1ccc(Cl)cc1)CN(C)C(=O)[C@@H](CC(=O)O)[C@H]1CCc2ccccc21. The number of carbonyl (C=O) groups is 4. The van der Waals surface area contributed by atoms with Crippen molar-refractivity contribution in [1.82, 2.24) is 15.1 Å². The van der Waals surface area contributed by atoms with Crippen LogP contribution in [0.25, 0.3) is 0 Å². The third-order valence-electron chi connectivity index (χ3n) is 8.23. The molecule has 1 aliphatic carbocycles. The molecule has 0 radical (unpaired) electrons. The molecule has 2 aromatic carbocycles. The Labute approximate surface area is 271 Å². The molecule has 0 bridgehead atoms. The van der Waals surface area contributed by atoms with Crippen molar-refractivity contribution in [3.63, 3.8) is 0 Å². The molecule has 0 saturated heterocycles. The van der Waals surface area contributed by atoms with Crippen LogP contribution < -0.4 is 11.1 Å². The van der Waals surface area contributed by atoms with E-state index in [2.05, 4.69) is 5.32 Å². The van der Waals surface area contributed by atoms with Crippen LogP contribution in [0.5, 0.6) is 0 Å². The summed E-state index contributed by atoms with van der Waals surface area (Å²) in [5.41, 5.74) is 8.26. The van der Waals surface area contributed by atoms with Crippen LogP contribution in [-0.2, 0) is 36.8 Å². The van der Waals surface area contributed by atoms with Gasteiger partial charge in [0.15, 0.2) is 0 Å². The van der Waals surface area contributed by atoms with Gasteiger partial charge in [-0.1, -0.05) is 48.0 Å². The van der Waals surface area contributed by atoms with Gasteiger partial charge >= 0.3 is 5.97 Å². The highest BCUT2D eigenvalue weighted by atomic mass is 35.5. The van der Waals surface area contributed by atoms with Gasteiger partial charge in [-0.15, -0.1) is 0 Å². The van der Waals surface area contributed by atoms with Crippen LogP contribution in [0.1, 0.15) is 63.1 Å². The number of benzene rings is 2. The second-order valence-electron chi connectivity index (χ2n) is 13.0. The number of nitrogens with one attached hydrogen (secondary N) is 1. The number of carbonyl (C=O) groups excluding carboxylic acids is 3. The second kappa shape index (κ2) is 15.7. The minimum Gasteiger partial charge on any atom is -0.481 e. The molecule has 0 aliphatic heterocycles. The van der Waals surface area contributed by atoms with Gasteiger partial charge in [0.1, 0.15) is 6.04 Å². The predicted molar refractivity (Wildman–Crippen MR) is 174 cm³/mol. The summed E-state index contributed by atoms with van der Waals surface area (Å²) in [7, 11) is 3.27. The number of ether oxygens (including phenoxy) is 1. The lowest BCUT2D eigenvalue weighted by molar-refractivity contribution is -0.146. The maximum Gasteiger partial charge on any atom is 0.304 e. The average Bonchev–Trinajstić information content (AvgIpc) is 3.40. The molecule has 0 heterocycles. The number of nitrogens with zero attached hydrogens (tertiary/aromatic N) is 2. The van der Waals surface area contributed by atoms with Crippen LogP contribution in [0.15, 0.2) is 48.5 Å². The van der Waals surface area contributed by atoms with E-state index in [1.807, 2.05) is 57.2 Å². The third-order valence-corrected chi connectivity index (χ3v) is 8.48. The van der Waals surface area contributed by atoms with E-state index >= 15 is 0 Å². The van der Waals surface area contributed by atoms with Gasteiger partial charge in [-0.05, 0) is 81.7 Å². The molecule has 1 aliphatic rings. The molecule has 2 aromatic rings. The molecule has 3 amide bonds. The molecule has 0 saturated carbocycles. The number of nitrogens with two attached hydrogens (primary N) is 1. The van der Waals surface area contributed by atoms with Crippen molar-refractivity contribution in [1.29, 1.82) is 0 Å². The zero-order valence-electron chi connectivity index (χ0n) is 27.1. The molecule has 10 nitrogen and oxygen atoms in total. The minimum atomic E-state index is -1.04. The minimum absolute atomic E-state index is 0.0741. The van der Waals surface area contributed by atoms with Crippen molar-refractivity contribution < 1.29 is 29.0 Å². The van der Waals surface area contributed by atoms with Gasteiger partial charge in [0, 0.05) is 25.7 Å². The Morgan fingerprint density at radius 3 is 2.31 bits per heavy atom. The summed E-state index contributed by atoms with van der Waals surface area (Å²) in [5, 5.41) is 13.1. The van der Waals surface area contributed by atoms with E-state index in [1.54, 1.807) is 26.2 Å². The lowest BCUT2D eigenvalue weighted by Crippen LogP contribution is -2.57. The highest BCUT2D eigenvalue weighted by molar-refractivity contribution is 6.30. The molecule has 0 fully saturated rings. The fourth-order valence-corrected chi connectivity index (χ4v) is 5.87. The Morgan fingerprint density at radius 1 is 1.07 bits per heavy atom. The van der Waals surface area contributed by atoms with Gasteiger partial charge in [0.2, 0.25) is 17.7 Å². The van der Waals surface area contributed by atoms with Crippen molar-refractivity contribution >= 4 is 35.3 Å². The van der Waals surface area contributed by atoms with Crippen molar-refractivity contribution in [2.75, 3.05) is 27.2 Å². The summed E-state index contributed by atoms with van der Waals surface area (Å²) in [6.07, 6.45) is 1.56. The molecular formula is C34H47ClN4O6. The quantitative estimate of drug-likeness (QED) is 0.286. The summed E-state index contributed by atoms with van der Waals surface area (Å²) in [4.78, 5) is 55.5. The maximum atomic E-state index is 14.0. The van der Waals surface area contributed by atoms with E-state index in [9.17, 15) is 24.3 Å². The number of rotatable bonds is 14. The number of hydrogen-bond donors (Lipinski definition) is 3. The van der Waals surface area contributed by atoms with E-state index in [4.69, 9.17) is 22.1 Å². The van der Waals surface area contributed by atoms with Crippen LogP contribution in [0, 0.1) is 5.92 Å². The molecule has 5 atom stereocenters. The van der Waals surface area contributed by atoms with Gasteiger partial charge in [-0.2, -0.15) is 0 Å². The van der Waals surface area contributed by atoms with E-state index in [0.29, 0.717) is 17.9 Å². The summed E-state index contributed by atoms with van der Waals surface area (Å²) in [6.45, 7) is 7.15. The number of fused-ring (bicyclic) bond motifs is 1. The number of carboxylic acids is 1. The first-order valence-corrected chi connectivity index (χ1v) is 15.7. The molecule has 0 unspecified atom stereocenters. The van der Waals surface area contributed by atoms with Gasteiger partial charge in [-0.25, -0.2) is 0 Å². The molecule has 3 rings (SSSR count). The summed E-state index contributed by atoms with van der Waals surface area (Å²) < 4.78 is 5.89. The van der Waals surface area contributed by atoms with Crippen LogP contribution in [0.4, 0.5) is 0 Å². The Balaban J connectivity index is 1.90. The first kappa shape index (κ1) is 36.0. The van der Waals surface area contributed by atoms with E-state index in [0.717, 1.165) is 23.1 Å².